The molecule has 1 aromatic carbocycles. The predicted octanol–water partition coefficient (Wildman–Crippen LogP) is 2.33. The zero-order valence-corrected chi connectivity index (χ0v) is 13.5. The van der Waals surface area contributed by atoms with Crippen LogP contribution in [0.2, 0.25) is 0 Å². The summed E-state index contributed by atoms with van der Waals surface area (Å²) >= 11 is 0. The van der Waals surface area contributed by atoms with Crippen molar-refractivity contribution in [3.8, 4) is 11.5 Å². The van der Waals surface area contributed by atoms with Crippen LogP contribution in [0.1, 0.15) is 12.0 Å². The van der Waals surface area contributed by atoms with E-state index in [2.05, 4.69) is 15.4 Å². The summed E-state index contributed by atoms with van der Waals surface area (Å²) < 4.78 is 60.2. The molecule has 1 heterocycles. The molecule has 0 spiro atoms. The number of nitrogens with one attached hydrogen (secondary N) is 2. The Morgan fingerprint density at radius 2 is 2.17 bits per heavy atom. The molecule has 10 heteroatoms. The van der Waals surface area contributed by atoms with Gasteiger partial charge < -0.3 is 14.8 Å². The molecule has 1 saturated heterocycles. The van der Waals surface area contributed by atoms with E-state index in [9.17, 15) is 22.4 Å². The van der Waals surface area contributed by atoms with E-state index in [0.29, 0.717) is 5.75 Å². The number of alkyl halides is 4. The number of benzene rings is 1. The summed E-state index contributed by atoms with van der Waals surface area (Å²) in [4.78, 5) is 11.9. The lowest BCUT2D eigenvalue weighted by atomic mass is 10.1. The van der Waals surface area contributed by atoms with Crippen molar-refractivity contribution in [2.24, 2.45) is 0 Å². The molecule has 24 heavy (non-hydrogen) atoms. The van der Waals surface area contributed by atoms with Gasteiger partial charge in [0.25, 0.3) is 5.92 Å². The minimum Gasteiger partial charge on any atom is -0.497 e. The van der Waals surface area contributed by atoms with E-state index in [0.717, 1.165) is 0 Å². The van der Waals surface area contributed by atoms with E-state index < -0.39 is 37.4 Å². The van der Waals surface area contributed by atoms with Gasteiger partial charge in [-0.25, -0.2) is 8.78 Å². The monoisotopic (exact) mass is 372 g/mol. The summed E-state index contributed by atoms with van der Waals surface area (Å²) in [6, 6.07) is 3.13. The number of amides is 1. The fourth-order valence-electron chi connectivity index (χ4n) is 2.24. The molecule has 0 saturated carbocycles. The van der Waals surface area contributed by atoms with Crippen molar-refractivity contribution in [2.75, 3.05) is 13.7 Å². The van der Waals surface area contributed by atoms with Crippen molar-refractivity contribution < 1.29 is 31.8 Å². The van der Waals surface area contributed by atoms with Crippen LogP contribution in [0, 0.1) is 0 Å². The van der Waals surface area contributed by atoms with Crippen molar-refractivity contribution in [1.29, 1.82) is 0 Å². The van der Waals surface area contributed by atoms with Gasteiger partial charge in [-0.05, 0) is 18.2 Å². The number of carbonyl (C=O) groups excluding carboxylic acids is 1. The lowest BCUT2D eigenvalue weighted by Crippen LogP contribution is -2.40. The third-order valence-corrected chi connectivity index (χ3v) is 3.36. The van der Waals surface area contributed by atoms with Crippen molar-refractivity contribution in [1.82, 2.24) is 10.6 Å². The molecule has 136 valence electrons. The van der Waals surface area contributed by atoms with Gasteiger partial charge in [0.1, 0.15) is 11.5 Å². The van der Waals surface area contributed by atoms with E-state index in [1.165, 1.54) is 25.3 Å². The lowest BCUT2D eigenvalue weighted by molar-refractivity contribution is -0.123. The Morgan fingerprint density at radius 1 is 1.46 bits per heavy atom. The smallest absolute Gasteiger partial charge is 0.387 e. The first-order chi connectivity index (χ1) is 10.8. The Balaban J connectivity index is 0.00000288. The van der Waals surface area contributed by atoms with Gasteiger partial charge in [-0.3, -0.25) is 10.1 Å². The molecule has 0 aliphatic carbocycles. The minimum absolute atomic E-state index is 0. The maximum Gasteiger partial charge on any atom is 0.387 e. The number of rotatable bonds is 6. The minimum atomic E-state index is -3.02. The highest BCUT2D eigenvalue weighted by atomic mass is 35.5. The van der Waals surface area contributed by atoms with Crippen LogP contribution in [0.5, 0.6) is 11.5 Å². The van der Waals surface area contributed by atoms with Gasteiger partial charge in [-0.15, -0.1) is 12.4 Å². The van der Waals surface area contributed by atoms with Gasteiger partial charge in [0.05, 0.1) is 19.7 Å². The molecule has 2 rings (SSSR count). The molecule has 0 bridgehead atoms. The molecule has 1 unspecified atom stereocenters. The number of carbonyl (C=O) groups is 1. The molecule has 1 amide bonds. The van der Waals surface area contributed by atoms with Gasteiger partial charge in [-0.2, -0.15) is 8.78 Å². The molecule has 1 fully saturated rings. The summed E-state index contributed by atoms with van der Waals surface area (Å²) in [7, 11) is 1.40. The summed E-state index contributed by atoms with van der Waals surface area (Å²) in [5, 5.41) is 4.84. The van der Waals surface area contributed by atoms with E-state index in [4.69, 9.17) is 4.74 Å². The number of halogens is 5. The van der Waals surface area contributed by atoms with Crippen LogP contribution in [0.3, 0.4) is 0 Å². The zero-order valence-electron chi connectivity index (χ0n) is 12.7. The second-order valence-electron chi connectivity index (χ2n) is 5.06. The molecule has 5 nitrogen and oxygen atoms in total. The largest absolute Gasteiger partial charge is 0.497 e. The highest BCUT2D eigenvalue weighted by Gasteiger charge is 2.42. The molecule has 0 radical (unpaired) electrons. The maximum absolute atomic E-state index is 13.1. The summed E-state index contributed by atoms with van der Waals surface area (Å²) in [6.45, 7) is -3.74. The molecular formula is C14H17ClF4N2O3. The Kier molecular flexibility index (Phi) is 7.09. The standard InChI is InChI=1S/C14H16F4N2O3.ClH/c1-22-9-2-3-11(23-13(15)16)8(4-9)6-19-12(21)10-5-14(17,18)7-20-10;/h2-4,10,13,20H,5-7H2,1H3,(H,19,21);1H. The Bertz CT molecular complexity index is 575. The van der Waals surface area contributed by atoms with Crippen molar-refractivity contribution in [2.45, 2.75) is 31.5 Å². The van der Waals surface area contributed by atoms with Crippen molar-refractivity contribution >= 4 is 18.3 Å². The maximum atomic E-state index is 13.1. The van der Waals surface area contributed by atoms with Crippen LogP contribution in [0.25, 0.3) is 0 Å². The zero-order chi connectivity index (χ0) is 17.0. The Morgan fingerprint density at radius 3 is 2.71 bits per heavy atom. The van der Waals surface area contributed by atoms with Gasteiger partial charge >= 0.3 is 6.61 Å². The molecule has 0 aromatic heterocycles. The van der Waals surface area contributed by atoms with Crippen LogP contribution in [-0.4, -0.2) is 38.1 Å². The second kappa shape index (κ2) is 8.39. The van der Waals surface area contributed by atoms with Gasteiger partial charge in [-0.1, -0.05) is 0 Å². The quantitative estimate of drug-likeness (QED) is 0.753. The first-order valence-corrected chi connectivity index (χ1v) is 6.81. The van der Waals surface area contributed by atoms with Gasteiger partial charge in [0.2, 0.25) is 5.91 Å². The number of methoxy groups -OCH3 is 1. The summed E-state index contributed by atoms with van der Waals surface area (Å²) in [6.07, 6.45) is -0.600. The average molecular weight is 373 g/mol. The molecule has 1 aliphatic heterocycles. The van der Waals surface area contributed by atoms with Gasteiger partial charge in [0.15, 0.2) is 0 Å². The fraction of sp³-hybridized carbons (Fsp3) is 0.500. The third-order valence-electron chi connectivity index (χ3n) is 3.36. The highest BCUT2D eigenvalue weighted by Crippen LogP contribution is 2.27. The van der Waals surface area contributed by atoms with Gasteiger partial charge in [0, 0.05) is 18.5 Å². The van der Waals surface area contributed by atoms with Crippen LogP contribution < -0.4 is 20.1 Å². The van der Waals surface area contributed by atoms with Crippen LogP contribution >= 0.6 is 12.4 Å². The average Bonchev–Trinajstić information content (AvgIpc) is 2.85. The van der Waals surface area contributed by atoms with Crippen molar-refractivity contribution in [3.63, 3.8) is 0 Å². The second-order valence-corrected chi connectivity index (χ2v) is 5.06. The van der Waals surface area contributed by atoms with Crippen LogP contribution in [0.15, 0.2) is 18.2 Å². The number of ether oxygens (including phenoxy) is 2. The Hall–Kier alpha value is -1.74. The summed E-state index contributed by atoms with van der Waals surface area (Å²) in [5.41, 5.74) is 0.253. The van der Waals surface area contributed by atoms with Crippen LogP contribution in [0.4, 0.5) is 17.6 Å². The van der Waals surface area contributed by atoms with Crippen molar-refractivity contribution in [3.05, 3.63) is 23.8 Å². The lowest BCUT2D eigenvalue weighted by Gasteiger charge is -2.15. The number of hydrogen-bond acceptors (Lipinski definition) is 4. The highest BCUT2D eigenvalue weighted by molar-refractivity contribution is 5.85. The molecular weight excluding hydrogens is 356 g/mol. The first kappa shape index (κ1) is 20.3. The van der Waals surface area contributed by atoms with E-state index in [-0.39, 0.29) is 30.3 Å². The third kappa shape index (κ3) is 5.41. The fourth-order valence-corrected chi connectivity index (χ4v) is 2.24. The molecule has 2 N–H and O–H groups in total. The molecule has 1 aromatic rings. The normalized spacial score (nSPS) is 18.8. The van der Waals surface area contributed by atoms with E-state index >= 15 is 0 Å². The van der Waals surface area contributed by atoms with E-state index in [1.54, 1.807) is 0 Å². The first-order valence-electron chi connectivity index (χ1n) is 6.81. The molecule has 1 aliphatic rings. The topological polar surface area (TPSA) is 59.6 Å². The summed E-state index contributed by atoms with van der Waals surface area (Å²) in [5.74, 6) is -3.29. The van der Waals surface area contributed by atoms with Crippen LogP contribution in [-0.2, 0) is 11.3 Å². The SMILES string of the molecule is COc1ccc(OC(F)F)c(CNC(=O)C2CC(F)(F)CN2)c1.Cl. The Labute approximate surface area is 142 Å². The van der Waals surface area contributed by atoms with E-state index in [1.807, 2.05) is 0 Å². The molecule has 1 atom stereocenters. The predicted molar refractivity (Wildman–Crippen MR) is 80.1 cm³/mol. The number of hydrogen-bond donors (Lipinski definition) is 2.